The highest BCUT2D eigenvalue weighted by molar-refractivity contribution is 6.31. The highest BCUT2D eigenvalue weighted by Crippen LogP contribution is 2.27. The second-order valence-corrected chi connectivity index (χ2v) is 5.35. The van der Waals surface area contributed by atoms with Gasteiger partial charge in [0, 0.05) is 11.1 Å². The molecule has 0 bridgehead atoms. The molecule has 1 aromatic rings. The quantitative estimate of drug-likeness (QED) is 0.779. The highest BCUT2D eigenvalue weighted by atomic mass is 35.5. The van der Waals surface area contributed by atoms with Gasteiger partial charge in [0.1, 0.15) is 0 Å². The molecule has 2 N–H and O–H groups in total. The molecular formula is C14H20ClN. The van der Waals surface area contributed by atoms with Crippen LogP contribution in [0.5, 0.6) is 0 Å². The van der Waals surface area contributed by atoms with E-state index in [4.69, 9.17) is 17.3 Å². The monoisotopic (exact) mass is 237 g/mol. The molecule has 2 atom stereocenters. The van der Waals surface area contributed by atoms with Gasteiger partial charge in [-0.05, 0) is 36.8 Å². The van der Waals surface area contributed by atoms with E-state index in [1.807, 2.05) is 12.1 Å². The van der Waals surface area contributed by atoms with Crippen LogP contribution in [0.3, 0.4) is 0 Å². The van der Waals surface area contributed by atoms with Crippen LogP contribution in [-0.4, -0.2) is 6.04 Å². The average molecular weight is 238 g/mol. The van der Waals surface area contributed by atoms with Crippen molar-refractivity contribution in [3.8, 4) is 0 Å². The number of hydrogen-bond donors (Lipinski definition) is 1. The Morgan fingerprint density at radius 1 is 1.19 bits per heavy atom. The van der Waals surface area contributed by atoms with E-state index in [0.717, 1.165) is 23.8 Å². The van der Waals surface area contributed by atoms with E-state index in [2.05, 4.69) is 12.1 Å². The normalized spacial score (nSPS) is 26.4. The summed E-state index contributed by atoms with van der Waals surface area (Å²) in [5.74, 6) is 0.720. The van der Waals surface area contributed by atoms with E-state index in [-0.39, 0.29) is 0 Å². The first kappa shape index (κ1) is 11.9. The predicted molar refractivity (Wildman–Crippen MR) is 69.7 cm³/mol. The second-order valence-electron chi connectivity index (χ2n) is 4.94. The molecule has 0 aromatic heterocycles. The van der Waals surface area contributed by atoms with Crippen molar-refractivity contribution in [2.45, 2.75) is 44.6 Å². The van der Waals surface area contributed by atoms with Gasteiger partial charge in [0.05, 0.1) is 0 Å². The molecule has 2 unspecified atom stereocenters. The summed E-state index contributed by atoms with van der Waals surface area (Å²) in [6.45, 7) is 0. The van der Waals surface area contributed by atoms with Crippen molar-refractivity contribution >= 4 is 11.6 Å². The van der Waals surface area contributed by atoms with Crippen LogP contribution in [0.2, 0.25) is 5.02 Å². The molecule has 1 aliphatic rings. The van der Waals surface area contributed by atoms with Gasteiger partial charge in [0.25, 0.3) is 0 Å². The zero-order chi connectivity index (χ0) is 11.4. The third-order valence-corrected chi connectivity index (χ3v) is 3.91. The van der Waals surface area contributed by atoms with Gasteiger partial charge in [-0.25, -0.2) is 0 Å². The van der Waals surface area contributed by atoms with Crippen LogP contribution in [0.15, 0.2) is 24.3 Å². The summed E-state index contributed by atoms with van der Waals surface area (Å²) in [5.41, 5.74) is 7.36. The van der Waals surface area contributed by atoms with Crippen LogP contribution >= 0.6 is 11.6 Å². The summed E-state index contributed by atoms with van der Waals surface area (Å²) in [7, 11) is 0. The van der Waals surface area contributed by atoms with Crippen molar-refractivity contribution < 1.29 is 0 Å². The molecule has 16 heavy (non-hydrogen) atoms. The van der Waals surface area contributed by atoms with E-state index in [1.165, 1.54) is 31.2 Å². The van der Waals surface area contributed by atoms with Gasteiger partial charge in [-0.15, -0.1) is 0 Å². The molecule has 1 aromatic carbocycles. The Morgan fingerprint density at radius 2 is 1.94 bits per heavy atom. The largest absolute Gasteiger partial charge is 0.328 e. The Hall–Kier alpha value is -0.530. The van der Waals surface area contributed by atoms with Crippen molar-refractivity contribution in [2.75, 3.05) is 0 Å². The zero-order valence-corrected chi connectivity index (χ0v) is 10.4. The number of hydrogen-bond acceptors (Lipinski definition) is 1. The van der Waals surface area contributed by atoms with Crippen LogP contribution in [0.4, 0.5) is 0 Å². The molecule has 0 heterocycles. The van der Waals surface area contributed by atoms with Gasteiger partial charge >= 0.3 is 0 Å². The third-order valence-electron chi connectivity index (χ3n) is 3.54. The Balaban J connectivity index is 2.00. The predicted octanol–water partition coefficient (Wildman–Crippen LogP) is 3.79. The molecule has 1 saturated carbocycles. The molecular weight excluding hydrogens is 218 g/mol. The summed E-state index contributed by atoms with van der Waals surface area (Å²) >= 11 is 6.19. The van der Waals surface area contributed by atoms with Crippen LogP contribution in [0, 0.1) is 5.92 Å². The van der Waals surface area contributed by atoms with Crippen molar-refractivity contribution in [3.05, 3.63) is 34.9 Å². The summed E-state index contributed by atoms with van der Waals surface area (Å²) in [5, 5.41) is 0.903. The first-order valence-corrected chi connectivity index (χ1v) is 6.62. The van der Waals surface area contributed by atoms with E-state index in [0.29, 0.717) is 6.04 Å². The summed E-state index contributed by atoms with van der Waals surface area (Å²) < 4.78 is 0. The van der Waals surface area contributed by atoms with Gasteiger partial charge in [-0.1, -0.05) is 49.1 Å². The fourth-order valence-electron chi connectivity index (χ4n) is 2.66. The number of benzene rings is 1. The molecule has 0 aliphatic heterocycles. The smallest absolute Gasteiger partial charge is 0.0438 e. The standard InChI is InChI=1S/C14H20ClN/c15-14-8-4-2-6-12(14)9-11-5-1-3-7-13(16)10-11/h2,4,6,8,11,13H,1,3,5,7,9-10,16H2. The highest BCUT2D eigenvalue weighted by Gasteiger charge is 2.18. The number of halogens is 1. The van der Waals surface area contributed by atoms with Gasteiger partial charge in [0.15, 0.2) is 0 Å². The number of nitrogens with two attached hydrogens (primary N) is 1. The lowest BCUT2D eigenvalue weighted by Gasteiger charge is -2.17. The van der Waals surface area contributed by atoms with Crippen LogP contribution in [-0.2, 0) is 6.42 Å². The topological polar surface area (TPSA) is 26.0 Å². The van der Waals surface area contributed by atoms with Crippen LogP contribution < -0.4 is 5.73 Å². The Kier molecular flexibility index (Phi) is 4.25. The minimum Gasteiger partial charge on any atom is -0.328 e. The van der Waals surface area contributed by atoms with Crippen LogP contribution in [0.25, 0.3) is 0 Å². The van der Waals surface area contributed by atoms with Gasteiger partial charge in [-0.2, -0.15) is 0 Å². The molecule has 88 valence electrons. The fourth-order valence-corrected chi connectivity index (χ4v) is 2.88. The molecule has 1 aliphatic carbocycles. The molecule has 0 radical (unpaired) electrons. The number of rotatable bonds is 2. The maximum absolute atomic E-state index is 6.19. The second kappa shape index (κ2) is 5.70. The zero-order valence-electron chi connectivity index (χ0n) is 9.66. The van der Waals surface area contributed by atoms with Gasteiger partial charge in [-0.3, -0.25) is 0 Å². The van der Waals surface area contributed by atoms with Crippen LogP contribution in [0.1, 0.15) is 37.7 Å². The maximum atomic E-state index is 6.19. The summed E-state index contributed by atoms with van der Waals surface area (Å²) in [6.07, 6.45) is 7.36. The molecule has 0 amide bonds. The van der Waals surface area contributed by atoms with E-state index in [1.54, 1.807) is 0 Å². The minimum atomic E-state index is 0.398. The lowest BCUT2D eigenvalue weighted by Crippen LogP contribution is -2.22. The minimum absolute atomic E-state index is 0.398. The Bertz CT molecular complexity index is 337. The van der Waals surface area contributed by atoms with E-state index >= 15 is 0 Å². The fraction of sp³-hybridized carbons (Fsp3) is 0.571. The molecule has 2 rings (SSSR count). The van der Waals surface area contributed by atoms with Crippen molar-refractivity contribution in [2.24, 2.45) is 11.7 Å². The van der Waals surface area contributed by atoms with E-state index < -0.39 is 0 Å². The molecule has 1 fully saturated rings. The Labute approximate surface area is 103 Å². The Morgan fingerprint density at radius 3 is 2.75 bits per heavy atom. The lowest BCUT2D eigenvalue weighted by molar-refractivity contribution is 0.431. The maximum Gasteiger partial charge on any atom is 0.0438 e. The molecule has 0 saturated heterocycles. The third kappa shape index (κ3) is 3.23. The van der Waals surface area contributed by atoms with Gasteiger partial charge in [0.2, 0.25) is 0 Å². The SMILES string of the molecule is NC1CCCCC(Cc2ccccc2Cl)C1. The molecule has 0 spiro atoms. The average Bonchev–Trinajstić information content (AvgIpc) is 2.46. The molecule has 2 heteroatoms. The van der Waals surface area contributed by atoms with Gasteiger partial charge < -0.3 is 5.73 Å². The summed E-state index contributed by atoms with van der Waals surface area (Å²) in [6, 6.07) is 8.57. The van der Waals surface area contributed by atoms with Crippen molar-refractivity contribution in [1.82, 2.24) is 0 Å². The summed E-state index contributed by atoms with van der Waals surface area (Å²) in [4.78, 5) is 0. The van der Waals surface area contributed by atoms with Crippen molar-refractivity contribution in [1.29, 1.82) is 0 Å². The lowest BCUT2D eigenvalue weighted by atomic mass is 9.91. The van der Waals surface area contributed by atoms with Crippen molar-refractivity contribution in [3.63, 3.8) is 0 Å². The molecule has 1 nitrogen and oxygen atoms in total. The van der Waals surface area contributed by atoms with E-state index in [9.17, 15) is 0 Å². The first-order valence-electron chi connectivity index (χ1n) is 6.24. The first-order chi connectivity index (χ1) is 7.75.